The average Bonchev–Trinajstić information content (AvgIpc) is 3.32. The summed E-state index contributed by atoms with van der Waals surface area (Å²) in [6.45, 7) is 1.63. The summed E-state index contributed by atoms with van der Waals surface area (Å²) in [6, 6.07) is 2.12. The second-order valence-electron chi connectivity index (χ2n) is 5.68. The van der Waals surface area contributed by atoms with E-state index in [4.69, 9.17) is 26.0 Å². The maximum absolute atomic E-state index is 12.7. The first-order chi connectivity index (χ1) is 11.7. The highest BCUT2D eigenvalue weighted by atomic mass is 35.5. The van der Waals surface area contributed by atoms with Crippen molar-refractivity contribution in [2.24, 2.45) is 0 Å². The van der Waals surface area contributed by atoms with E-state index in [9.17, 15) is 13.2 Å². The molecule has 0 saturated heterocycles. The monoisotopic (exact) mass is 386 g/mol. The number of aryl methyl sites for hydroxylation is 1. The number of anilines is 1. The molecule has 0 spiro atoms. The molecule has 1 heterocycles. The van der Waals surface area contributed by atoms with Gasteiger partial charge in [0.15, 0.2) is 5.76 Å². The largest absolute Gasteiger partial charge is 0.496 e. The van der Waals surface area contributed by atoms with Crippen molar-refractivity contribution >= 4 is 33.3 Å². The van der Waals surface area contributed by atoms with Crippen LogP contribution >= 0.6 is 11.6 Å². The third-order valence-corrected chi connectivity index (χ3v) is 5.66. The minimum atomic E-state index is -4.09. The zero-order valence-electron chi connectivity index (χ0n) is 13.4. The van der Waals surface area contributed by atoms with Gasteiger partial charge in [-0.05, 0) is 25.8 Å². The van der Waals surface area contributed by atoms with Gasteiger partial charge in [0.05, 0.1) is 12.1 Å². The number of benzene rings is 1. The van der Waals surface area contributed by atoms with Crippen LogP contribution in [0.15, 0.2) is 21.6 Å². The third-order valence-electron chi connectivity index (χ3n) is 3.85. The van der Waals surface area contributed by atoms with Crippen LogP contribution in [0.4, 0.5) is 5.69 Å². The quantitative estimate of drug-likeness (QED) is 0.783. The number of methoxy groups -OCH3 is 1. The first-order valence-corrected chi connectivity index (χ1v) is 9.20. The number of halogens is 1. The van der Waals surface area contributed by atoms with Crippen LogP contribution in [0.25, 0.3) is 0 Å². The second kappa shape index (κ2) is 6.23. The topological polar surface area (TPSA) is 119 Å². The Morgan fingerprint density at radius 3 is 2.68 bits per heavy atom. The first kappa shape index (κ1) is 17.6. The summed E-state index contributed by atoms with van der Waals surface area (Å²) in [4.78, 5) is 10.9. The van der Waals surface area contributed by atoms with Crippen LogP contribution in [-0.4, -0.2) is 31.8 Å². The van der Waals surface area contributed by atoms with Crippen molar-refractivity contribution in [3.8, 4) is 5.75 Å². The van der Waals surface area contributed by atoms with Crippen molar-refractivity contribution in [1.29, 1.82) is 0 Å². The number of nitrogens with zero attached hydrogens (tertiary/aromatic N) is 1. The number of aromatic carboxylic acids is 1. The Bertz CT molecular complexity index is 949. The van der Waals surface area contributed by atoms with E-state index in [1.807, 2.05) is 0 Å². The zero-order chi connectivity index (χ0) is 18.4. The molecule has 0 radical (unpaired) electrons. The Morgan fingerprint density at radius 1 is 1.44 bits per heavy atom. The van der Waals surface area contributed by atoms with Crippen LogP contribution < -0.4 is 9.46 Å². The Labute approximate surface area is 148 Å². The predicted octanol–water partition coefficient (Wildman–Crippen LogP) is 3.02. The van der Waals surface area contributed by atoms with Gasteiger partial charge in [-0.1, -0.05) is 16.8 Å². The number of aromatic nitrogens is 1. The highest BCUT2D eigenvalue weighted by Crippen LogP contribution is 2.45. The van der Waals surface area contributed by atoms with Crippen molar-refractivity contribution in [3.05, 3.63) is 34.2 Å². The summed E-state index contributed by atoms with van der Waals surface area (Å²) in [5.74, 6) is -0.743. The van der Waals surface area contributed by atoms with E-state index in [0.29, 0.717) is 17.1 Å². The molecule has 2 N–H and O–H groups in total. The normalized spacial score (nSPS) is 14.4. The van der Waals surface area contributed by atoms with Gasteiger partial charge in [-0.2, -0.15) is 0 Å². The summed E-state index contributed by atoms with van der Waals surface area (Å²) < 4.78 is 38.1. The number of nitrogens with one attached hydrogen (secondary N) is 1. The number of hydrogen-bond acceptors (Lipinski definition) is 6. The lowest BCUT2D eigenvalue weighted by Crippen LogP contribution is -2.15. The summed E-state index contributed by atoms with van der Waals surface area (Å²) in [6.07, 6.45) is 1.82. The van der Waals surface area contributed by atoms with Gasteiger partial charge in [0.1, 0.15) is 27.6 Å². The molecule has 3 rings (SSSR count). The summed E-state index contributed by atoms with van der Waals surface area (Å²) in [5.41, 5.74) is 0.474. The molecule has 10 heteroatoms. The van der Waals surface area contributed by atoms with Crippen molar-refractivity contribution < 1.29 is 27.6 Å². The molecule has 0 aliphatic heterocycles. The maximum atomic E-state index is 12.7. The van der Waals surface area contributed by atoms with Gasteiger partial charge in [-0.3, -0.25) is 4.72 Å². The number of carboxylic acid groups (broad SMARTS) is 1. The summed E-state index contributed by atoms with van der Waals surface area (Å²) >= 11 is 6.00. The smallest absolute Gasteiger partial charge is 0.339 e. The van der Waals surface area contributed by atoms with E-state index in [1.165, 1.54) is 7.11 Å². The predicted molar refractivity (Wildman–Crippen MR) is 89.0 cm³/mol. The minimum Gasteiger partial charge on any atom is -0.496 e. The lowest BCUT2D eigenvalue weighted by Gasteiger charge is -2.12. The van der Waals surface area contributed by atoms with Gasteiger partial charge in [0.25, 0.3) is 10.0 Å². The number of carbonyl (C=O) groups is 1. The standard InChI is InChI=1S/C15H15ClN2O6S/c1-7-13(14(24-17-7)8-3-4-8)18-25(21,22)12-6-11(23-2)9(15(19)20)5-10(12)16/h5-6,8,18H,3-4H2,1-2H3,(H,19,20). The summed E-state index contributed by atoms with van der Waals surface area (Å²) in [7, 11) is -2.85. The van der Waals surface area contributed by atoms with E-state index in [1.54, 1.807) is 6.92 Å². The fourth-order valence-electron chi connectivity index (χ4n) is 2.40. The lowest BCUT2D eigenvalue weighted by atomic mass is 10.2. The molecule has 1 saturated carbocycles. The molecule has 1 aliphatic rings. The molecule has 0 unspecified atom stereocenters. The molecule has 25 heavy (non-hydrogen) atoms. The number of ether oxygens (including phenoxy) is 1. The molecule has 8 nitrogen and oxygen atoms in total. The number of hydrogen-bond donors (Lipinski definition) is 2. The molecule has 0 bridgehead atoms. The van der Waals surface area contributed by atoms with Crippen molar-refractivity contribution in [2.75, 3.05) is 11.8 Å². The molecule has 0 amide bonds. The molecule has 1 fully saturated rings. The van der Waals surface area contributed by atoms with Gasteiger partial charge < -0.3 is 14.4 Å². The molecule has 2 aromatic rings. The molecule has 1 aliphatic carbocycles. The Balaban J connectivity index is 2.03. The van der Waals surface area contributed by atoms with Crippen LogP contribution in [0.3, 0.4) is 0 Å². The van der Waals surface area contributed by atoms with Crippen molar-refractivity contribution in [3.63, 3.8) is 0 Å². The van der Waals surface area contributed by atoms with Gasteiger partial charge in [0, 0.05) is 12.0 Å². The lowest BCUT2D eigenvalue weighted by molar-refractivity contribution is 0.0693. The average molecular weight is 387 g/mol. The number of rotatable bonds is 6. The SMILES string of the molecule is COc1cc(S(=O)(=O)Nc2c(C)noc2C2CC2)c(Cl)cc1C(=O)O. The first-order valence-electron chi connectivity index (χ1n) is 7.34. The second-order valence-corrected chi connectivity index (χ2v) is 7.73. The molecular formula is C15H15ClN2O6S. The molecule has 0 atom stereocenters. The van der Waals surface area contributed by atoms with Gasteiger partial charge >= 0.3 is 5.97 Å². The maximum Gasteiger partial charge on any atom is 0.339 e. The minimum absolute atomic E-state index is 0.110. The van der Waals surface area contributed by atoms with Crippen molar-refractivity contribution in [2.45, 2.75) is 30.6 Å². The molecule has 1 aromatic heterocycles. The van der Waals surface area contributed by atoms with E-state index in [0.717, 1.165) is 25.0 Å². The molecular weight excluding hydrogens is 372 g/mol. The Kier molecular flexibility index (Phi) is 4.38. The van der Waals surface area contributed by atoms with E-state index >= 15 is 0 Å². The Morgan fingerprint density at radius 2 is 2.12 bits per heavy atom. The highest BCUT2D eigenvalue weighted by Gasteiger charge is 2.34. The summed E-state index contributed by atoms with van der Waals surface area (Å²) in [5, 5.41) is 12.7. The molecule has 134 valence electrons. The van der Waals surface area contributed by atoms with Crippen LogP contribution in [0.5, 0.6) is 5.75 Å². The van der Waals surface area contributed by atoms with Crippen LogP contribution in [0, 0.1) is 6.92 Å². The van der Waals surface area contributed by atoms with Gasteiger partial charge in [-0.15, -0.1) is 0 Å². The zero-order valence-corrected chi connectivity index (χ0v) is 14.9. The van der Waals surface area contributed by atoms with Crippen molar-refractivity contribution in [1.82, 2.24) is 5.16 Å². The fraction of sp³-hybridized carbons (Fsp3) is 0.333. The van der Waals surface area contributed by atoms with Gasteiger partial charge in [0.2, 0.25) is 0 Å². The fourth-order valence-corrected chi connectivity index (χ4v) is 4.07. The molecule has 1 aromatic carbocycles. The van der Waals surface area contributed by atoms with E-state index in [2.05, 4.69) is 9.88 Å². The van der Waals surface area contributed by atoms with E-state index < -0.39 is 16.0 Å². The Hall–Kier alpha value is -2.26. The van der Waals surface area contributed by atoms with Crippen LogP contribution in [0.1, 0.15) is 40.6 Å². The van der Waals surface area contributed by atoms with E-state index in [-0.39, 0.29) is 27.1 Å². The van der Waals surface area contributed by atoms with Crippen LogP contribution in [0.2, 0.25) is 5.02 Å². The third kappa shape index (κ3) is 3.29. The van der Waals surface area contributed by atoms with Gasteiger partial charge in [-0.25, -0.2) is 13.2 Å². The number of sulfonamides is 1. The number of carboxylic acids is 1. The van der Waals surface area contributed by atoms with Crippen LogP contribution in [-0.2, 0) is 10.0 Å². The highest BCUT2D eigenvalue weighted by molar-refractivity contribution is 7.92.